The number of rotatable bonds is 0. The Bertz CT molecular complexity index is 8.00. The maximum Gasteiger partial charge on any atom is 0 e. The van der Waals surface area contributed by atoms with Gasteiger partial charge in [-0.3, -0.25) is 0 Å². The molecule has 0 fully saturated rings. The largest absolute Gasteiger partial charge is 0 e. The van der Waals surface area contributed by atoms with Crippen molar-refractivity contribution in [3.05, 3.63) is 0 Å². The summed E-state index contributed by atoms with van der Waals surface area (Å²) in [5, 5.41) is 0. The van der Waals surface area contributed by atoms with Crippen LogP contribution in [0, 0.1) is 0 Å². The Balaban J connectivity index is 0. The fourth-order valence-electron chi connectivity index (χ4n) is 0. The summed E-state index contributed by atoms with van der Waals surface area (Å²) in [6.45, 7) is 0. The fourth-order valence-corrected chi connectivity index (χ4v) is 0. The first kappa shape index (κ1) is 31.3. The predicted octanol–water partition coefficient (Wildman–Crippen LogP) is -0.388. The molecule has 28 valence electrons. The van der Waals surface area contributed by atoms with Gasteiger partial charge in [0.1, 0.15) is 0 Å². The molecule has 0 unspecified atom stereocenters. The zero-order valence-corrected chi connectivity index (χ0v) is 7.14. The normalized spacial score (nSPS) is 0. The first-order chi connectivity index (χ1) is 0. The van der Waals surface area contributed by atoms with Gasteiger partial charge in [-0.25, -0.2) is 0 Å². The third-order valence-electron chi connectivity index (χ3n) is 0. The van der Waals surface area contributed by atoms with Gasteiger partial charge >= 0.3 is 0 Å². The Morgan fingerprint density at radius 1 is 1.00 bits per heavy atom. The molecule has 0 saturated carbocycles. The van der Waals surface area contributed by atoms with Gasteiger partial charge in [-0.1, -0.05) is 0 Å². The van der Waals surface area contributed by atoms with Crippen LogP contribution in [0.15, 0.2) is 0 Å². The van der Waals surface area contributed by atoms with Gasteiger partial charge in [-0.05, 0) is 0 Å². The molecule has 0 spiro atoms. The van der Waals surface area contributed by atoms with Crippen LogP contribution in [0.2, 0.25) is 0 Å². The average Bonchev–Trinajstić information content (AvgIpc) is 0. The molecule has 0 rings (SSSR count). The SMILES string of the molecule is [Co].[Fe].[Na].[Ni]. The summed E-state index contributed by atoms with van der Waals surface area (Å²) in [6.07, 6.45) is 0. The van der Waals surface area contributed by atoms with Gasteiger partial charge < -0.3 is 0 Å². The monoisotopic (exact) mass is 196 g/mol. The van der Waals surface area contributed by atoms with Crippen LogP contribution < -0.4 is 0 Å². The first-order valence-corrected chi connectivity index (χ1v) is 0. The van der Waals surface area contributed by atoms with Gasteiger partial charge in [0.25, 0.3) is 0 Å². The van der Waals surface area contributed by atoms with Crippen molar-refractivity contribution in [2.75, 3.05) is 0 Å². The Kier molecular flexibility index (Phi) is 139. The third kappa shape index (κ3) is 8.82. The Labute approximate surface area is 78.7 Å². The Hall–Kier alpha value is 2.52. The van der Waals surface area contributed by atoms with Gasteiger partial charge in [0, 0.05) is 79.9 Å². The predicted molar refractivity (Wildman–Crippen MR) is 5.75 cm³/mol. The number of hydrogen-bond acceptors (Lipinski definition) is 0. The van der Waals surface area contributed by atoms with Crippen LogP contribution in [-0.2, 0) is 50.3 Å². The molecule has 0 aliphatic rings. The van der Waals surface area contributed by atoms with Crippen LogP contribution >= 0.6 is 0 Å². The molecule has 0 aromatic heterocycles. The van der Waals surface area contributed by atoms with Gasteiger partial charge in [0.2, 0.25) is 0 Å². The first-order valence-electron chi connectivity index (χ1n) is 0. The van der Waals surface area contributed by atoms with E-state index in [1.807, 2.05) is 0 Å². The average molecular weight is 196 g/mol. The molecule has 2 radical (unpaired) electrons. The minimum atomic E-state index is 0. The van der Waals surface area contributed by atoms with E-state index in [0.29, 0.717) is 0 Å². The molecule has 0 heterocycles. The van der Waals surface area contributed by atoms with Crippen molar-refractivity contribution in [3.8, 4) is 0 Å². The molecular formula is CoFeNaNi. The van der Waals surface area contributed by atoms with E-state index in [0.717, 1.165) is 0 Å². The summed E-state index contributed by atoms with van der Waals surface area (Å²) in [7, 11) is 0. The second kappa shape index (κ2) is 17.8. The third-order valence-corrected chi connectivity index (χ3v) is 0. The summed E-state index contributed by atoms with van der Waals surface area (Å²) >= 11 is 0. The van der Waals surface area contributed by atoms with Crippen molar-refractivity contribution in [1.29, 1.82) is 0 Å². The molecule has 0 atom stereocenters. The quantitative estimate of drug-likeness (QED) is 0.463. The second-order valence-electron chi connectivity index (χ2n) is 0. The summed E-state index contributed by atoms with van der Waals surface area (Å²) in [5.74, 6) is 0. The molecule has 0 N–H and O–H groups in total. The summed E-state index contributed by atoms with van der Waals surface area (Å²) in [4.78, 5) is 0. The Morgan fingerprint density at radius 3 is 1.00 bits per heavy atom. The van der Waals surface area contributed by atoms with E-state index in [-0.39, 0.29) is 79.9 Å². The topological polar surface area (TPSA) is 0 Å². The van der Waals surface area contributed by atoms with Crippen LogP contribution in [0.5, 0.6) is 0 Å². The van der Waals surface area contributed by atoms with Crippen LogP contribution in [0.1, 0.15) is 0 Å². The van der Waals surface area contributed by atoms with Crippen LogP contribution in [0.3, 0.4) is 0 Å². The van der Waals surface area contributed by atoms with Crippen LogP contribution in [-0.4, -0.2) is 29.6 Å². The summed E-state index contributed by atoms with van der Waals surface area (Å²) in [5.41, 5.74) is 0. The van der Waals surface area contributed by atoms with E-state index in [9.17, 15) is 0 Å². The van der Waals surface area contributed by atoms with Crippen LogP contribution in [0.4, 0.5) is 0 Å². The zero-order chi connectivity index (χ0) is 0. The molecule has 0 aliphatic carbocycles. The van der Waals surface area contributed by atoms with Crippen LogP contribution in [0.25, 0.3) is 0 Å². The summed E-state index contributed by atoms with van der Waals surface area (Å²) in [6, 6.07) is 0. The van der Waals surface area contributed by atoms with Crippen molar-refractivity contribution in [1.82, 2.24) is 0 Å². The van der Waals surface area contributed by atoms with E-state index in [1.165, 1.54) is 0 Å². The minimum Gasteiger partial charge on any atom is 0 e. The minimum absolute atomic E-state index is 0. The molecule has 4 heavy (non-hydrogen) atoms. The molecule has 0 aliphatic heterocycles. The Morgan fingerprint density at radius 2 is 1.00 bits per heavy atom. The van der Waals surface area contributed by atoms with E-state index < -0.39 is 0 Å². The van der Waals surface area contributed by atoms with Crippen molar-refractivity contribution >= 4 is 29.6 Å². The van der Waals surface area contributed by atoms with Crippen molar-refractivity contribution in [2.45, 2.75) is 0 Å². The van der Waals surface area contributed by atoms with Gasteiger partial charge in [-0.15, -0.1) is 0 Å². The van der Waals surface area contributed by atoms with Crippen molar-refractivity contribution < 1.29 is 50.3 Å². The molecule has 0 saturated heterocycles. The molecule has 0 nitrogen and oxygen atoms in total. The maximum atomic E-state index is 0. The van der Waals surface area contributed by atoms with E-state index in [4.69, 9.17) is 0 Å². The molecule has 0 bridgehead atoms. The molecule has 0 aromatic carbocycles. The molecule has 4 heteroatoms. The smallest absolute Gasteiger partial charge is 0 e. The molecule has 0 aromatic rings. The zero-order valence-electron chi connectivity index (χ0n) is 2.00. The molecular weight excluding hydrogens is 196 g/mol. The van der Waals surface area contributed by atoms with Crippen molar-refractivity contribution in [2.24, 2.45) is 0 Å². The van der Waals surface area contributed by atoms with E-state index >= 15 is 0 Å². The number of hydrogen-bond donors (Lipinski definition) is 0. The van der Waals surface area contributed by atoms with Crippen molar-refractivity contribution in [3.63, 3.8) is 0 Å². The second-order valence-corrected chi connectivity index (χ2v) is 0. The van der Waals surface area contributed by atoms with Gasteiger partial charge in [0.05, 0.1) is 0 Å². The van der Waals surface area contributed by atoms with Gasteiger partial charge in [0.15, 0.2) is 0 Å². The summed E-state index contributed by atoms with van der Waals surface area (Å²) < 4.78 is 0. The standard InChI is InChI=1S/Co.Fe.Na.Ni. The van der Waals surface area contributed by atoms with Gasteiger partial charge in [-0.2, -0.15) is 0 Å². The van der Waals surface area contributed by atoms with E-state index in [2.05, 4.69) is 0 Å². The molecule has 0 amide bonds. The maximum absolute atomic E-state index is 0. The van der Waals surface area contributed by atoms with E-state index in [1.54, 1.807) is 0 Å². The fraction of sp³-hybridized carbons (Fsp3) is 0.